The van der Waals surface area contributed by atoms with E-state index in [1.807, 2.05) is 12.1 Å². The third-order valence-electron chi connectivity index (χ3n) is 5.68. The van der Waals surface area contributed by atoms with Gasteiger partial charge in [0.15, 0.2) is 0 Å². The van der Waals surface area contributed by atoms with Gasteiger partial charge in [-0.2, -0.15) is 0 Å². The molecule has 122 valence electrons. The highest BCUT2D eigenvalue weighted by molar-refractivity contribution is 5.99. The van der Waals surface area contributed by atoms with Crippen LogP contribution in [-0.2, 0) is 12.8 Å². The number of hydrogen-bond donors (Lipinski definition) is 1. The summed E-state index contributed by atoms with van der Waals surface area (Å²) in [5.74, 6) is 0.324. The van der Waals surface area contributed by atoms with Crippen molar-refractivity contribution in [2.24, 2.45) is 0 Å². The highest BCUT2D eigenvalue weighted by Gasteiger charge is 2.17. The summed E-state index contributed by atoms with van der Waals surface area (Å²) < 4.78 is 0. The molecule has 1 nitrogen and oxygen atoms in total. The summed E-state index contributed by atoms with van der Waals surface area (Å²) in [5, 5.41) is 14.6. The van der Waals surface area contributed by atoms with Gasteiger partial charge in [0, 0.05) is 0 Å². The SMILES string of the molecule is Cc1cc2c(cc1C)Cc1cc3cc4cc(O)ccc4cc3cc1C2. The molecule has 0 unspecified atom stereocenters. The van der Waals surface area contributed by atoms with Crippen LogP contribution in [0.15, 0.2) is 54.6 Å². The fourth-order valence-electron chi connectivity index (χ4n) is 4.14. The Balaban J connectivity index is 1.70. The Hall–Kier alpha value is -2.80. The second-order valence-corrected chi connectivity index (χ2v) is 7.41. The molecule has 0 saturated carbocycles. The molecule has 1 aliphatic rings. The molecule has 5 rings (SSSR count). The van der Waals surface area contributed by atoms with E-state index in [0.717, 1.165) is 18.2 Å². The van der Waals surface area contributed by atoms with E-state index in [1.165, 1.54) is 49.5 Å². The van der Waals surface area contributed by atoms with Crippen molar-refractivity contribution >= 4 is 21.5 Å². The normalized spacial score (nSPS) is 13.0. The lowest BCUT2D eigenvalue weighted by Gasteiger charge is -2.22. The summed E-state index contributed by atoms with van der Waals surface area (Å²) in [5.41, 5.74) is 8.58. The van der Waals surface area contributed by atoms with Crippen molar-refractivity contribution in [3.63, 3.8) is 0 Å². The van der Waals surface area contributed by atoms with Gasteiger partial charge in [-0.15, -0.1) is 0 Å². The smallest absolute Gasteiger partial charge is 0.116 e. The highest BCUT2D eigenvalue weighted by Crippen LogP contribution is 2.34. The highest BCUT2D eigenvalue weighted by atomic mass is 16.3. The predicted octanol–water partition coefficient (Wildman–Crippen LogP) is 5.81. The van der Waals surface area contributed by atoms with Crippen LogP contribution >= 0.6 is 0 Å². The van der Waals surface area contributed by atoms with Crippen LogP contribution in [0.25, 0.3) is 21.5 Å². The summed E-state index contributed by atoms with van der Waals surface area (Å²) in [4.78, 5) is 0. The number of phenols is 1. The van der Waals surface area contributed by atoms with Crippen molar-refractivity contribution in [3.05, 3.63) is 88.0 Å². The minimum Gasteiger partial charge on any atom is -0.508 e. The van der Waals surface area contributed by atoms with Crippen LogP contribution in [0.5, 0.6) is 5.75 Å². The third-order valence-corrected chi connectivity index (χ3v) is 5.68. The monoisotopic (exact) mass is 324 g/mol. The van der Waals surface area contributed by atoms with E-state index in [4.69, 9.17) is 0 Å². The van der Waals surface area contributed by atoms with Crippen molar-refractivity contribution in [1.82, 2.24) is 0 Å². The Morgan fingerprint density at radius 1 is 0.560 bits per heavy atom. The minimum atomic E-state index is 0.324. The molecule has 4 aromatic rings. The van der Waals surface area contributed by atoms with Crippen LogP contribution in [0, 0.1) is 13.8 Å². The fraction of sp³-hybridized carbons (Fsp3) is 0.167. The van der Waals surface area contributed by atoms with Crippen LogP contribution in [0.3, 0.4) is 0 Å². The lowest BCUT2D eigenvalue weighted by atomic mass is 9.83. The lowest BCUT2D eigenvalue weighted by molar-refractivity contribution is 0.476. The molecule has 0 spiro atoms. The van der Waals surface area contributed by atoms with Gasteiger partial charge in [-0.25, -0.2) is 0 Å². The van der Waals surface area contributed by atoms with E-state index >= 15 is 0 Å². The Morgan fingerprint density at radius 3 is 1.64 bits per heavy atom. The van der Waals surface area contributed by atoms with Gasteiger partial charge in [-0.05, 0) is 106 Å². The van der Waals surface area contributed by atoms with Crippen LogP contribution in [0.2, 0.25) is 0 Å². The van der Waals surface area contributed by atoms with Gasteiger partial charge in [0.2, 0.25) is 0 Å². The maximum Gasteiger partial charge on any atom is 0.116 e. The number of rotatable bonds is 0. The first-order chi connectivity index (χ1) is 12.1. The van der Waals surface area contributed by atoms with Gasteiger partial charge in [-0.1, -0.05) is 30.3 Å². The fourth-order valence-corrected chi connectivity index (χ4v) is 4.14. The number of hydrogen-bond acceptors (Lipinski definition) is 1. The first kappa shape index (κ1) is 14.5. The van der Waals surface area contributed by atoms with E-state index in [1.54, 1.807) is 6.07 Å². The molecule has 4 aromatic carbocycles. The third kappa shape index (κ3) is 2.31. The second kappa shape index (κ2) is 5.10. The number of aryl methyl sites for hydroxylation is 2. The number of fused-ring (bicyclic) bond motifs is 4. The molecule has 0 atom stereocenters. The molecule has 0 heterocycles. The van der Waals surface area contributed by atoms with E-state index in [9.17, 15) is 5.11 Å². The molecular weight excluding hydrogens is 304 g/mol. The molecule has 1 aliphatic carbocycles. The summed E-state index contributed by atoms with van der Waals surface area (Å²) in [6.45, 7) is 4.40. The molecule has 0 fully saturated rings. The molecule has 0 amide bonds. The number of benzene rings is 4. The summed E-state index contributed by atoms with van der Waals surface area (Å²) in [6, 6.07) is 19.4. The molecule has 0 bridgehead atoms. The molecule has 25 heavy (non-hydrogen) atoms. The van der Waals surface area contributed by atoms with Gasteiger partial charge < -0.3 is 5.11 Å². The lowest BCUT2D eigenvalue weighted by Crippen LogP contribution is -2.08. The quantitative estimate of drug-likeness (QED) is 0.356. The molecule has 0 aromatic heterocycles. The Bertz CT molecular complexity index is 1170. The van der Waals surface area contributed by atoms with Crippen molar-refractivity contribution in [2.45, 2.75) is 26.7 Å². The topological polar surface area (TPSA) is 20.2 Å². The number of phenolic OH excluding ortho intramolecular Hbond substituents is 1. The number of aromatic hydroxyl groups is 1. The largest absolute Gasteiger partial charge is 0.508 e. The zero-order chi connectivity index (χ0) is 17.1. The van der Waals surface area contributed by atoms with Crippen molar-refractivity contribution in [2.75, 3.05) is 0 Å². The standard InChI is InChI=1S/C24H20O/c1-14-5-17-8-20-10-19-7-16-3-4-24(25)13-23(16)12-22(19)11-21(20)9-18(17)6-15(14)2/h3-7,10-13,25H,8-9H2,1-2H3. The van der Waals surface area contributed by atoms with E-state index in [-0.39, 0.29) is 0 Å². The molecule has 0 saturated heterocycles. The van der Waals surface area contributed by atoms with E-state index < -0.39 is 0 Å². The average molecular weight is 324 g/mol. The zero-order valence-corrected chi connectivity index (χ0v) is 14.6. The first-order valence-corrected chi connectivity index (χ1v) is 8.84. The van der Waals surface area contributed by atoms with Crippen LogP contribution in [0.4, 0.5) is 0 Å². The zero-order valence-electron chi connectivity index (χ0n) is 14.6. The molecule has 1 N–H and O–H groups in total. The van der Waals surface area contributed by atoms with Gasteiger partial charge in [-0.3, -0.25) is 0 Å². The van der Waals surface area contributed by atoms with Crippen LogP contribution in [0.1, 0.15) is 33.4 Å². The molecule has 1 heteroatoms. The van der Waals surface area contributed by atoms with Crippen LogP contribution in [-0.4, -0.2) is 5.11 Å². The Labute approximate surface area is 147 Å². The average Bonchev–Trinajstić information content (AvgIpc) is 2.58. The summed E-state index contributed by atoms with van der Waals surface area (Å²) in [6.07, 6.45) is 2.04. The predicted molar refractivity (Wildman–Crippen MR) is 105 cm³/mol. The van der Waals surface area contributed by atoms with Crippen LogP contribution < -0.4 is 0 Å². The molecule has 0 aliphatic heterocycles. The van der Waals surface area contributed by atoms with Gasteiger partial charge >= 0.3 is 0 Å². The Kier molecular flexibility index (Phi) is 2.96. The van der Waals surface area contributed by atoms with Crippen molar-refractivity contribution in [3.8, 4) is 5.75 Å². The first-order valence-electron chi connectivity index (χ1n) is 8.84. The van der Waals surface area contributed by atoms with Crippen molar-refractivity contribution in [1.29, 1.82) is 0 Å². The molecular formula is C24H20O. The van der Waals surface area contributed by atoms with E-state index in [0.29, 0.717) is 5.75 Å². The van der Waals surface area contributed by atoms with Crippen molar-refractivity contribution < 1.29 is 5.11 Å². The van der Waals surface area contributed by atoms with Gasteiger partial charge in [0.1, 0.15) is 5.75 Å². The van der Waals surface area contributed by atoms with Gasteiger partial charge in [0.25, 0.3) is 0 Å². The van der Waals surface area contributed by atoms with E-state index in [2.05, 4.69) is 50.2 Å². The second-order valence-electron chi connectivity index (χ2n) is 7.41. The Morgan fingerprint density at radius 2 is 1.04 bits per heavy atom. The maximum absolute atomic E-state index is 9.75. The summed E-state index contributed by atoms with van der Waals surface area (Å²) in [7, 11) is 0. The summed E-state index contributed by atoms with van der Waals surface area (Å²) >= 11 is 0. The minimum absolute atomic E-state index is 0.324. The van der Waals surface area contributed by atoms with Gasteiger partial charge in [0.05, 0.1) is 0 Å². The molecule has 0 radical (unpaired) electrons. The maximum atomic E-state index is 9.75.